The lowest BCUT2D eigenvalue weighted by Crippen LogP contribution is -2.48. The van der Waals surface area contributed by atoms with Crippen LogP contribution in [0, 0.1) is 20.8 Å². The molecule has 1 N–H and O–H groups in total. The highest BCUT2D eigenvalue weighted by Gasteiger charge is 2.43. The highest BCUT2D eigenvalue weighted by molar-refractivity contribution is 5.88. The van der Waals surface area contributed by atoms with Gasteiger partial charge in [0.15, 0.2) is 6.10 Å². The number of carbonyl (C=O) groups excluding carboxylic acids is 1. The van der Waals surface area contributed by atoms with Gasteiger partial charge in [0.05, 0.1) is 11.4 Å². The van der Waals surface area contributed by atoms with E-state index in [4.69, 9.17) is 18.6 Å². The van der Waals surface area contributed by atoms with Crippen molar-refractivity contribution in [3.8, 4) is 5.75 Å². The van der Waals surface area contributed by atoms with Crippen LogP contribution in [0.15, 0.2) is 21.3 Å². The highest BCUT2D eigenvalue weighted by Crippen LogP contribution is 2.32. The second kappa shape index (κ2) is 6.32. The lowest BCUT2D eigenvalue weighted by atomic mass is 10.0. The van der Waals surface area contributed by atoms with Crippen molar-refractivity contribution in [3.63, 3.8) is 0 Å². The Hall–Kier alpha value is -2.54. The predicted molar refractivity (Wildman–Crippen MR) is 93.7 cm³/mol. The van der Waals surface area contributed by atoms with Crippen molar-refractivity contribution in [2.75, 3.05) is 13.2 Å². The van der Waals surface area contributed by atoms with Crippen molar-refractivity contribution in [1.29, 1.82) is 0 Å². The molecule has 4 rings (SSSR count). The lowest BCUT2D eigenvalue weighted by Gasteiger charge is -2.31. The third-order valence-corrected chi connectivity index (χ3v) is 5.13. The van der Waals surface area contributed by atoms with Gasteiger partial charge < -0.3 is 23.9 Å². The molecule has 2 aromatic rings. The molecule has 0 spiro atoms. The largest absolute Gasteiger partial charge is 0.490 e. The normalized spacial score (nSPS) is 24.9. The van der Waals surface area contributed by atoms with Gasteiger partial charge in [0.2, 0.25) is 0 Å². The molecule has 0 aliphatic carbocycles. The van der Waals surface area contributed by atoms with Crippen LogP contribution in [0.3, 0.4) is 0 Å². The lowest BCUT2D eigenvalue weighted by molar-refractivity contribution is -0.0847. The smallest absolute Gasteiger partial charge is 0.407 e. The topological polar surface area (TPSA) is 87.0 Å². The summed E-state index contributed by atoms with van der Waals surface area (Å²) in [6.07, 6.45) is -0.387. The minimum absolute atomic E-state index is 0.0406. The number of alkyl carbamates (subject to hydrolysis) is 1. The molecular formula is C19H21NO6. The van der Waals surface area contributed by atoms with Crippen LogP contribution in [0.25, 0.3) is 11.0 Å². The van der Waals surface area contributed by atoms with Crippen LogP contribution in [-0.2, 0) is 9.47 Å². The SMILES string of the molecule is Cc1cc(OC[C@H]2OCC[C@@H]3NC(=O)O[C@@H]32)c2c(C)c(C)c(=O)oc2c1. The Balaban J connectivity index is 1.64. The van der Waals surface area contributed by atoms with Gasteiger partial charge in [-0.1, -0.05) is 0 Å². The van der Waals surface area contributed by atoms with E-state index in [2.05, 4.69) is 5.32 Å². The molecule has 0 radical (unpaired) electrons. The molecule has 26 heavy (non-hydrogen) atoms. The van der Waals surface area contributed by atoms with Crippen LogP contribution in [0.1, 0.15) is 23.1 Å². The van der Waals surface area contributed by atoms with Gasteiger partial charge in [-0.25, -0.2) is 9.59 Å². The van der Waals surface area contributed by atoms with Crippen molar-refractivity contribution in [2.24, 2.45) is 0 Å². The van der Waals surface area contributed by atoms with E-state index >= 15 is 0 Å². The number of ether oxygens (including phenoxy) is 3. The number of rotatable bonds is 3. The number of hydrogen-bond donors (Lipinski definition) is 1. The monoisotopic (exact) mass is 359 g/mol. The van der Waals surface area contributed by atoms with E-state index in [1.54, 1.807) is 6.92 Å². The predicted octanol–water partition coefficient (Wildman–Crippen LogP) is 2.36. The minimum atomic E-state index is -0.412. The first-order valence-corrected chi connectivity index (χ1v) is 8.70. The van der Waals surface area contributed by atoms with E-state index < -0.39 is 6.09 Å². The van der Waals surface area contributed by atoms with Crippen LogP contribution in [0.2, 0.25) is 0 Å². The summed E-state index contributed by atoms with van der Waals surface area (Å²) in [5, 5.41) is 3.58. The fourth-order valence-corrected chi connectivity index (χ4v) is 3.60. The van der Waals surface area contributed by atoms with Crippen LogP contribution >= 0.6 is 0 Å². The van der Waals surface area contributed by atoms with Gasteiger partial charge in [0, 0.05) is 12.2 Å². The molecule has 0 bridgehead atoms. The Morgan fingerprint density at radius 3 is 2.81 bits per heavy atom. The first-order chi connectivity index (χ1) is 12.4. The molecule has 0 unspecified atom stereocenters. The molecule has 1 aromatic carbocycles. The zero-order valence-corrected chi connectivity index (χ0v) is 15.0. The van der Waals surface area contributed by atoms with E-state index in [9.17, 15) is 9.59 Å². The number of aryl methyl sites for hydroxylation is 2. The van der Waals surface area contributed by atoms with E-state index in [1.165, 1.54) is 0 Å². The summed E-state index contributed by atoms with van der Waals surface area (Å²) in [7, 11) is 0. The number of hydrogen-bond acceptors (Lipinski definition) is 6. The average Bonchev–Trinajstić information content (AvgIpc) is 2.98. The van der Waals surface area contributed by atoms with Gasteiger partial charge in [0.1, 0.15) is 24.0 Å². The quantitative estimate of drug-likeness (QED) is 0.847. The molecule has 2 aliphatic heterocycles. The Bertz CT molecular complexity index is 934. The molecule has 3 heterocycles. The summed E-state index contributed by atoms with van der Waals surface area (Å²) < 4.78 is 22.6. The Kier molecular flexibility index (Phi) is 4.11. The highest BCUT2D eigenvalue weighted by atomic mass is 16.6. The summed E-state index contributed by atoms with van der Waals surface area (Å²) in [4.78, 5) is 23.4. The Morgan fingerprint density at radius 1 is 1.19 bits per heavy atom. The first-order valence-electron chi connectivity index (χ1n) is 8.70. The van der Waals surface area contributed by atoms with Crippen molar-refractivity contribution in [2.45, 2.75) is 45.4 Å². The van der Waals surface area contributed by atoms with Crippen LogP contribution in [0.5, 0.6) is 5.75 Å². The Morgan fingerprint density at radius 2 is 2.00 bits per heavy atom. The summed E-state index contributed by atoms with van der Waals surface area (Å²) in [5.41, 5.74) is 2.49. The fourth-order valence-electron chi connectivity index (χ4n) is 3.60. The summed E-state index contributed by atoms with van der Waals surface area (Å²) in [5.74, 6) is 0.632. The first kappa shape index (κ1) is 16.9. The molecule has 7 heteroatoms. The number of benzene rings is 1. The van der Waals surface area contributed by atoms with Gasteiger partial charge in [0.25, 0.3) is 0 Å². The van der Waals surface area contributed by atoms with Gasteiger partial charge >= 0.3 is 11.7 Å². The molecule has 0 saturated carbocycles. The Labute approximate surface area is 150 Å². The minimum Gasteiger partial charge on any atom is -0.490 e. The maximum absolute atomic E-state index is 12.0. The number of amides is 1. The van der Waals surface area contributed by atoms with Gasteiger partial charge in [-0.05, 0) is 50.5 Å². The second-order valence-electron chi connectivity index (χ2n) is 6.91. The van der Waals surface area contributed by atoms with E-state index in [1.807, 2.05) is 26.0 Å². The van der Waals surface area contributed by atoms with Crippen LogP contribution in [0.4, 0.5) is 4.79 Å². The zero-order valence-electron chi connectivity index (χ0n) is 15.0. The van der Waals surface area contributed by atoms with Crippen molar-refractivity contribution >= 4 is 17.1 Å². The molecular weight excluding hydrogens is 338 g/mol. The summed E-state index contributed by atoms with van der Waals surface area (Å²) >= 11 is 0. The summed E-state index contributed by atoms with van der Waals surface area (Å²) in [6, 6.07) is 3.70. The van der Waals surface area contributed by atoms with Gasteiger partial charge in [-0.2, -0.15) is 0 Å². The maximum atomic E-state index is 12.0. The molecule has 2 saturated heterocycles. The van der Waals surface area contributed by atoms with Gasteiger partial charge in [-0.3, -0.25) is 0 Å². The summed E-state index contributed by atoms with van der Waals surface area (Å²) in [6.45, 7) is 6.32. The van der Waals surface area contributed by atoms with E-state index in [0.717, 1.165) is 22.9 Å². The van der Waals surface area contributed by atoms with Crippen molar-refractivity contribution in [3.05, 3.63) is 39.2 Å². The van der Waals surface area contributed by atoms with E-state index in [-0.39, 0.29) is 30.5 Å². The van der Waals surface area contributed by atoms with E-state index in [0.29, 0.717) is 23.5 Å². The zero-order chi connectivity index (χ0) is 18.4. The molecule has 2 aliphatic rings. The van der Waals surface area contributed by atoms with Crippen molar-refractivity contribution < 1.29 is 23.4 Å². The molecule has 2 fully saturated rings. The van der Waals surface area contributed by atoms with Crippen LogP contribution in [-0.4, -0.2) is 37.6 Å². The number of fused-ring (bicyclic) bond motifs is 2. The fraction of sp³-hybridized carbons (Fsp3) is 0.474. The van der Waals surface area contributed by atoms with Crippen molar-refractivity contribution in [1.82, 2.24) is 5.32 Å². The standard InChI is InChI=1S/C19H21NO6/c1-9-6-13(16-10(2)11(3)18(21)25-14(16)7-9)24-8-15-17-12(4-5-23-15)20-19(22)26-17/h6-7,12,15,17H,4-5,8H2,1-3H3,(H,20,22)/t12-,15+,17-/m0/s1. The van der Waals surface area contributed by atoms with Gasteiger partial charge in [-0.15, -0.1) is 0 Å². The third-order valence-electron chi connectivity index (χ3n) is 5.13. The molecule has 1 amide bonds. The number of nitrogens with one attached hydrogen (secondary N) is 1. The number of carbonyl (C=O) groups is 1. The molecule has 7 nitrogen and oxygen atoms in total. The third kappa shape index (κ3) is 2.82. The average molecular weight is 359 g/mol. The maximum Gasteiger partial charge on any atom is 0.407 e. The molecule has 3 atom stereocenters. The second-order valence-corrected chi connectivity index (χ2v) is 6.91. The molecule has 138 valence electrons. The van der Waals surface area contributed by atoms with Crippen LogP contribution < -0.4 is 15.7 Å². The molecule has 1 aromatic heterocycles.